The zero-order valence-electron chi connectivity index (χ0n) is 20.2. The van der Waals surface area contributed by atoms with Crippen LogP contribution in [0.25, 0.3) is 22.6 Å². The highest BCUT2D eigenvalue weighted by atomic mass is 16.2. The average Bonchev–Trinajstić information content (AvgIpc) is 3.58. The summed E-state index contributed by atoms with van der Waals surface area (Å²) in [6.07, 6.45) is 8.48. The van der Waals surface area contributed by atoms with E-state index >= 15 is 0 Å². The standard InChI is InChI=1S/C26H30N8O/c1-3-11-33-15-18(14-29-33)23-31-22-24(27-16-28-25(22)34(23)4-2)32-12-9-17(10-13-32)21-19-7-5-6-8-20(19)30-26(21)35/h5-8,14-17,21H,3-4,9-13H2,1-2H3,(H,30,35). The van der Waals surface area contributed by atoms with Crippen molar-refractivity contribution in [1.29, 1.82) is 0 Å². The highest BCUT2D eigenvalue weighted by molar-refractivity contribution is 6.03. The maximum absolute atomic E-state index is 12.7. The molecule has 0 bridgehead atoms. The lowest BCUT2D eigenvalue weighted by Crippen LogP contribution is -2.37. The summed E-state index contributed by atoms with van der Waals surface area (Å²) in [7, 11) is 0. The van der Waals surface area contributed by atoms with Gasteiger partial charge in [-0.25, -0.2) is 15.0 Å². The smallest absolute Gasteiger partial charge is 0.232 e. The number of nitrogens with one attached hydrogen (secondary N) is 1. The molecule has 1 amide bonds. The number of aryl methyl sites for hydroxylation is 2. The van der Waals surface area contributed by atoms with Crippen molar-refractivity contribution in [3.8, 4) is 11.4 Å². The number of carbonyl (C=O) groups is 1. The number of anilines is 2. The van der Waals surface area contributed by atoms with Crippen molar-refractivity contribution >= 4 is 28.6 Å². The van der Waals surface area contributed by atoms with Crippen molar-refractivity contribution in [2.24, 2.45) is 5.92 Å². The van der Waals surface area contributed by atoms with E-state index in [0.29, 0.717) is 5.92 Å². The van der Waals surface area contributed by atoms with E-state index in [-0.39, 0.29) is 11.8 Å². The van der Waals surface area contributed by atoms with Gasteiger partial charge in [0.15, 0.2) is 17.0 Å². The average molecular weight is 471 g/mol. The third-order valence-electron chi connectivity index (χ3n) is 7.32. The number of hydrogen-bond donors (Lipinski definition) is 1. The van der Waals surface area contributed by atoms with Gasteiger partial charge in [0, 0.05) is 38.1 Å². The van der Waals surface area contributed by atoms with Gasteiger partial charge in [0.05, 0.1) is 17.7 Å². The second-order valence-corrected chi connectivity index (χ2v) is 9.42. The molecule has 0 radical (unpaired) electrons. The lowest BCUT2D eigenvalue weighted by atomic mass is 9.81. The summed E-state index contributed by atoms with van der Waals surface area (Å²) in [5, 5.41) is 7.55. The molecule has 0 spiro atoms. The highest BCUT2D eigenvalue weighted by Crippen LogP contribution is 2.42. The van der Waals surface area contributed by atoms with Gasteiger partial charge < -0.3 is 14.8 Å². The monoisotopic (exact) mass is 470 g/mol. The molecule has 2 aliphatic heterocycles. The first-order valence-corrected chi connectivity index (χ1v) is 12.6. The number of imidazole rings is 1. The number of fused-ring (bicyclic) bond motifs is 2. The Balaban J connectivity index is 1.27. The van der Waals surface area contributed by atoms with Gasteiger partial charge in [0.25, 0.3) is 0 Å². The predicted molar refractivity (Wildman–Crippen MR) is 135 cm³/mol. The molecule has 5 heterocycles. The number of aromatic nitrogens is 6. The topological polar surface area (TPSA) is 93.8 Å². The van der Waals surface area contributed by atoms with Gasteiger partial charge in [-0.1, -0.05) is 25.1 Å². The fraction of sp³-hybridized carbons (Fsp3) is 0.423. The van der Waals surface area contributed by atoms with E-state index < -0.39 is 0 Å². The van der Waals surface area contributed by atoms with Crippen LogP contribution in [0.2, 0.25) is 0 Å². The van der Waals surface area contributed by atoms with Crippen molar-refractivity contribution in [1.82, 2.24) is 29.3 Å². The third-order valence-corrected chi connectivity index (χ3v) is 7.32. The largest absolute Gasteiger partial charge is 0.355 e. The molecule has 180 valence electrons. The van der Waals surface area contributed by atoms with E-state index in [0.717, 1.165) is 85.1 Å². The number of para-hydroxylation sites is 1. The SMILES string of the molecule is CCCn1cc(-c2nc3c(N4CCC(C5C(=O)Nc6ccccc65)CC4)ncnc3n2CC)cn1. The second kappa shape index (κ2) is 8.79. The lowest BCUT2D eigenvalue weighted by molar-refractivity contribution is -0.118. The second-order valence-electron chi connectivity index (χ2n) is 9.42. The molecular weight excluding hydrogens is 440 g/mol. The first kappa shape index (κ1) is 21.8. The Morgan fingerprint density at radius 2 is 1.94 bits per heavy atom. The molecule has 1 N–H and O–H groups in total. The maximum Gasteiger partial charge on any atom is 0.232 e. The van der Waals surface area contributed by atoms with Crippen molar-refractivity contribution in [3.05, 3.63) is 48.5 Å². The molecule has 1 aromatic carbocycles. The van der Waals surface area contributed by atoms with E-state index in [1.54, 1.807) is 6.33 Å². The summed E-state index contributed by atoms with van der Waals surface area (Å²) in [5.41, 5.74) is 4.77. The lowest BCUT2D eigenvalue weighted by Gasteiger charge is -2.34. The molecule has 1 unspecified atom stereocenters. The van der Waals surface area contributed by atoms with Gasteiger partial charge in [-0.2, -0.15) is 5.10 Å². The first-order chi connectivity index (χ1) is 17.2. The molecule has 4 aromatic rings. The number of nitrogens with zero attached hydrogens (tertiary/aromatic N) is 7. The Morgan fingerprint density at radius 1 is 1.11 bits per heavy atom. The van der Waals surface area contributed by atoms with Crippen LogP contribution in [0.1, 0.15) is 44.6 Å². The van der Waals surface area contributed by atoms with E-state index in [2.05, 4.69) is 56.0 Å². The molecule has 0 aliphatic carbocycles. The summed E-state index contributed by atoms with van der Waals surface area (Å²) < 4.78 is 4.10. The van der Waals surface area contributed by atoms with Crippen LogP contribution in [-0.4, -0.2) is 48.3 Å². The molecule has 1 saturated heterocycles. The summed E-state index contributed by atoms with van der Waals surface area (Å²) in [5.74, 6) is 2.13. The minimum absolute atomic E-state index is 0.0654. The number of amides is 1. The van der Waals surface area contributed by atoms with Crippen LogP contribution in [0.5, 0.6) is 0 Å². The van der Waals surface area contributed by atoms with Gasteiger partial charge in [0.1, 0.15) is 12.2 Å². The molecule has 1 atom stereocenters. The van der Waals surface area contributed by atoms with Gasteiger partial charge in [-0.05, 0) is 43.7 Å². The molecule has 0 saturated carbocycles. The van der Waals surface area contributed by atoms with Crippen LogP contribution in [0.4, 0.5) is 11.5 Å². The van der Waals surface area contributed by atoms with Crippen molar-refractivity contribution in [2.75, 3.05) is 23.3 Å². The van der Waals surface area contributed by atoms with Crippen molar-refractivity contribution in [2.45, 2.75) is 52.1 Å². The molecule has 9 nitrogen and oxygen atoms in total. The van der Waals surface area contributed by atoms with Crippen LogP contribution < -0.4 is 10.2 Å². The minimum Gasteiger partial charge on any atom is -0.355 e. The minimum atomic E-state index is -0.0654. The molecule has 2 aliphatic rings. The normalized spacial score (nSPS) is 18.3. The number of rotatable bonds is 6. The van der Waals surface area contributed by atoms with Gasteiger partial charge in [0.2, 0.25) is 5.91 Å². The Morgan fingerprint density at radius 3 is 2.74 bits per heavy atom. The zero-order chi connectivity index (χ0) is 23.9. The van der Waals surface area contributed by atoms with Crippen molar-refractivity contribution in [3.63, 3.8) is 0 Å². The van der Waals surface area contributed by atoms with E-state index in [4.69, 9.17) is 4.98 Å². The third kappa shape index (κ3) is 3.66. The van der Waals surface area contributed by atoms with Crippen LogP contribution in [-0.2, 0) is 17.9 Å². The van der Waals surface area contributed by atoms with E-state index in [9.17, 15) is 4.79 Å². The summed E-state index contributed by atoms with van der Waals surface area (Å²) in [6, 6.07) is 8.07. The quantitative estimate of drug-likeness (QED) is 0.457. The predicted octanol–water partition coefficient (Wildman–Crippen LogP) is 4.07. The zero-order valence-corrected chi connectivity index (χ0v) is 20.2. The number of benzene rings is 1. The van der Waals surface area contributed by atoms with Gasteiger partial charge >= 0.3 is 0 Å². The number of piperidine rings is 1. The van der Waals surface area contributed by atoms with Crippen LogP contribution in [0.3, 0.4) is 0 Å². The number of carbonyl (C=O) groups excluding carboxylic acids is 1. The summed E-state index contributed by atoms with van der Waals surface area (Å²) >= 11 is 0. The van der Waals surface area contributed by atoms with E-state index in [1.165, 1.54) is 0 Å². The Kier molecular flexibility index (Phi) is 5.47. The molecule has 35 heavy (non-hydrogen) atoms. The van der Waals surface area contributed by atoms with Crippen molar-refractivity contribution < 1.29 is 4.79 Å². The summed E-state index contributed by atoms with van der Waals surface area (Å²) in [4.78, 5) is 29.3. The molecular formula is C26H30N8O. The first-order valence-electron chi connectivity index (χ1n) is 12.6. The van der Waals surface area contributed by atoms with Gasteiger partial charge in [-0.15, -0.1) is 0 Å². The molecule has 1 fully saturated rings. The van der Waals surface area contributed by atoms with Crippen LogP contribution >= 0.6 is 0 Å². The Hall–Kier alpha value is -3.75. The number of hydrogen-bond acceptors (Lipinski definition) is 6. The fourth-order valence-corrected chi connectivity index (χ4v) is 5.65. The Bertz CT molecular complexity index is 1380. The molecule has 6 rings (SSSR count). The Labute approximate surface area is 204 Å². The molecule has 3 aromatic heterocycles. The molecule has 9 heteroatoms. The van der Waals surface area contributed by atoms with Gasteiger partial charge in [-0.3, -0.25) is 9.48 Å². The highest BCUT2D eigenvalue weighted by Gasteiger charge is 2.38. The summed E-state index contributed by atoms with van der Waals surface area (Å²) in [6.45, 7) is 7.58. The fourth-order valence-electron chi connectivity index (χ4n) is 5.65. The van der Waals surface area contributed by atoms with E-state index in [1.807, 2.05) is 29.1 Å². The van der Waals surface area contributed by atoms with Crippen LogP contribution in [0, 0.1) is 5.92 Å². The van der Waals surface area contributed by atoms with Crippen LogP contribution in [0.15, 0.2) is 43.0 Å². The maximum atomic E-state index is 12.7.